The maximum Gasteiger partial charge on any atom is 0.358 e. The number of halogens is 1. The van der Waals surface area contributed by atoms with Crippen LogP contribution in [0.2, 0.25) is 5.02 Å². The lowest BCUT2D eigenvalue weighted by molar-refractivity contribution is -0.115. The molecule has 0 aliphatic heterocycles. The number of ether oxygens (including phenoxy) is 1. The molecule has 0 atom stereocenters. The zero-order chi connectivity index (χ0) is 19.6. The molecule has 7 nitrogen and oxygen atoms in total. The van der Waals surface area contributed by atoms with Crippen LogP contribution in [-0.4, -0.2) is 29.1 Å². The van der Waals surface area contributed by atoms with E-state index in [0.717, 1.165) is 16.9 Å². The van der Waals surface area contributed by atoms with E-state index in [1.807, 2.05) is 0 Å². The van der Waals surface area contributed by atoms with Gasteiger partial charge in [0.15, 0.2) is 10.8 Å². The maximum atomic E-state index is 12.4. The SMILES string of the molecule is COC(=O)c1nc(NC(=O)Cc2c(C)noc2C)sc1-c1ccccc1Cl. The molecule has 0 unspecified atom stereocenters. The number of esters is 1. The molecule has 9 heteroatoms. The molecule has 2 heterocycles. The van der Waals surface area contributed by atoms with Gasteiger partial charge in [0.1, 0.15) is 5.76 Å². The Bertz CT molecular complexity index is 992. The molecule has 3 aromatic rings. The number of benzene rings is 1. The average Bonchev–Trinajstić information content (AvgIpc) is 3.19. The van der Waals surface area contributed by atoms with E-state index >= 15 is 0 Å². The van der Waals surface area contributed by atoms with E-state index in [4.69, 9.17) is 20.9 Å². The third-order valence-corrected chi connectivity index (χ3v) is 5.22. The highest BCUT2D eigenvalue weighted by molar-refractivity contribution is 7.19. The van der Waals surface area contributed by atoms with Gasteiger partial charge in [-0.3, -0.25) is 4.79 Å². The fraction of sp³-hybridized carbons (Fsp3) is 0.222. The molecule has 0 fully saturated rings. The van der Waals surface area contributed by atoms with Crippen LogP contribution < -0.4 is 5.32 Å². The van der Waals surface area contributed by atoms with Gasteiger partial charge < -0.3 is 14.6 Å². The van der Waals surface area contributed by atoms with E-state index in [-0.39, 0.29) is 23.2 Å². The van der Waals surface area contributed by atoms with Crippen LogP contribution in [-0.2, 0) is 16.0 Å². The quantitative estimate of drug-likeness (QED) is 0.644. The van der Waals surface area contributed by atoms with Crippen molar-refractivity contribution in [1.82, 2.24) is 10.1 Å². The minimum Gasteiger partial charge on any atom is -0.464 e. The summed E-state index contributed by atoms with van der Waals surface area (Å²) in [5, 5.41) is 7.30. The number of carbonyl (C=O) groups is 2. The van der Waals surface area contributed by atoms with Crippen molar-refractivity contribution in [2.24, 2.45) is 0 Å². The molecule has 0 saturated carbocycles. The van der Waals surface area contributed by atoms with E-state index in [9.17, 15) is 9.59 Å². The smallest absolute Gasteiger partial charge is 0.358 e. The normalized spacial score (nSPS) is 10.7. The summed E-state index contributed by atoms with van der Waals surface area (Å²) >= 11 is 7.40. The van der Waals surface area contributed by atoms with E-state index in [2.05, 4.69) is 15.5 Å². The van der Waals surface area contributed by atoms with Gasteiger partial charge in [-0.25, -0.2) is 9.78 Å². The Hall–Kier alpha value is -2.71. The number of rotatable bonds is 5. The van der Waals surface area contributed by atoms with Gasteiger partial charge in [0.25, 0.3) is 0 Å². The summed E-state index contributed by atoms with van der Waals surface area (Å²) in [5.41, 5.74) is 2.13. The molecule has 0 spiro atoms. The second-order valence-corrected chi connectivity index (χ2v) is 7.10. The highest BCUT2D eigenvalue weighted by Gasteiger charge is 2.23. The van der Waals surface area contributed by atoms with Gasteiger partial charge in [-0.1, -0.05) is 46.3 Å². The Morgan fingerprint density at radius 3 is 2.67 bits per heavy atom. The van der Waals surface area contributed by atoms with Crippen molar-refractivity contribution in [3.63, 3.8) is 0 Å². The van der Waals surface area contributed by atoms with Crippen molar-refractivity contribution in [3.8, 4) is 10.4 Å². The number of aromatic nitrogens is 2. The van der Waals surface area contributed by atoms with Gasteiger partial charge in [0.2, 0.25) is 5.91 Å². The number of hydrogen-bond donors (Lipinski definition) is 1. The number of aryl methyl sites for hydroxylation is 2. The van der Waals surface area contributed by atoms with E-state index in [0.29, 0.717) is 26.9 Å². The van der Waals surface area contributed by atoms with E-state index < -0.39 is 5.97 Å². The second kappa shape index (κ2) is 7.89. The Morgan fingerprint density at radius 2 is 2.04 bits per heavy atom. The number of nitrogens with zero attached hydrogens (tertiary/aromatic N) is 2. The van der Waals surface area contributed by atoms with E-state index in [1.165, 1.54) is 7.11 Å². The number of methoxy groups -OCH3 is 1. The number of amides is 1. The first-order chi connectivity index (χ1) is 12.9. The van der Waals surface area contributed by atoms with Crippen LogP contribution >= 0.6 is 22.9 Å². The van der Waals surface area contributed by atoms with Crippen molar-refractivity contribution in [3.05, 3.63) is 52.0 Å². The molecule has 1 aromatic carbocycles. The van der Waals surface area contributed by atoms with Crippen molar-refractivity contribution < 1.29 is 18.8 Å². The van der Waals surface area contributed by atoms with Crippen molar-refractivity contribution >= 4 is 39.9 Å². The molecular weight excluding hydrogens is 390 g/mol. The first-order valence-electron chi connectivity index (χ1n) is 7.96. The monoisotopic (exact) mass is 405 g/mol. The molecule has 0 aliphatic rings. The van der Waals surface area contributed by atoms with E-state index in [1.54, 1.807) is 38.1 Å². The van der Waals surface area contributed by atoms with Gasteiger partial charge in [0.05, 0.1) is 24.1 Å². The van der Waals surface area contributed by atoms with Crippen LogP contribution in [0.3, 0.4) is 0 Å². The lowest BCUT2D eigenvalue weighted by atomic mass is 10.1. The molecule has 1 N–H and O–H groups in total. The zero-order valence-corrected chi connectivity index (χ0v) is 16.4. The Morgan fingerprint density at radius 1 is 1.30 bits per heavy atom. The molecule has 2 aromatic heterocycles. The maximum absolute atomic E-state index is 12.4. The number of anilines is 1. The molecule has 27 heavy (non-hydrogen) atoms. The lowest BCUT2D eigenvalue weighted by Gasteiger charge is -2.02. The number of hydrogen-bond acceptors (Lipinski definition) is 7. The zero-order valence-electron chi connectivity index (χ0n) is 14.8. The molecular formula is C18H16ClN3O4S. The van der Waals surface area contributed by atoms with Crippen LogP contribution in [0.25, 0.3) is 10.4 Å². The van der Waals surface area contributed by atoms with Crippen LogP contribution in [0.4, 0.5) is 5.13 Å². The highest BCUT2D eigenvalue weighted by Crippen LogP contribution is 2.37. The summed E-state index contributed by atoms with van der Waals surface area (Å²) in [6, 6.07) is 7.08. The highest BCUT2D eigenvalue weighted by atomic mass is 35.5. The van der Waals surface area contributed by atoms with Gasteiger partial charge in [-0.05, 0) is 19.9 Å². The minimum atomic E-state index is -0.604. The fourth-order valence-corrected chi connectivity index (χ4v) is 3.81. The van der Waals surface area contributed by atoms with Crippen LogP contribution in [0.1, 0.15) is 27.5 Å². The average molecular weight is 406 g/mol. The summed E-state index contributed by atoms with van der Waals surface area (Å²) in [5.74, 6) is -0.304. The summed E-state index contributed by atoms with van der Waals surface area (Å²) in [6.07, 6.45) is 0.0930. The number of carbonyl (C=O) groups excluding carboxylic acids is 2. The molecule has 3 rings (SSSR count). The Labute approximate surface area is 164 Å². The summed E-state index contributed by atoms with van der Waals surface area (Å²) in [4.78, 5) is 29.3. The third-order valence-electron chi connectivity index (χ3n) is 3.89. The van der Waals surface area contributed by atoms with Crippen molar-refractivity contribution in [2.45, 2.75) is 20.3 Å². The Kier molecular flexibility index (Phi) is 5.57. The van der Waals surface area contributed by atoms with Gasteiger partial charge in [0, 0.05) is 16.1 Å². The van der Waals surface area contributed by atoms with Crippen LogP contribution in [0, 0.1) is 13.8 Å². The molecule has 0 radical (unpaired) electrons. The third kappa shape index (κ3) is 4.01. The minimum absolute atomic E-state index is 0.0930. The molecule has 0 bridgehead atoms. The van der Waals surface area contributed by atoms with Crippen molar-refractivity contribution in [2.75, 3.05) is 12.4 Å². The number of thiazole rings is 1. The number of nitrogens with one attached hydrogen (secondary N) is 1. The van der Waals surface area contributed by atoms with Crippen LogP contribution in [0.5, 0.6) is 0 Å². The predicted molar refractivity (Wildman–Crippen MR) is 102 cm³/mol. The Balaban J connectivity index is 1.89. The molecule has 140 valence electrons. The van der Waals surface area contributed by atoms with Crippen LogP contribution in [0.15, 0.2) is 28.8 Å². The van der Waals surface area contributed by atoms with Gasteiger partial charge >= 0.3 is 5.97 Å². The largest absolute Gasteiger partial charge is 0.464 e. The second-order valence-electron chi connectivity index (χ2n) is 5.70. The lowest BCUT2D eigenvalue weighted by Crippen LogP contribution is -2.15. The van der Waals surface area contributed by atoms with Crippen molar-refractivity contribution in [1.29, 1.82) is 0 Å². The summed E-state index contributed by atoms with van der Waals surface area (Å²) < 4.78 is 9.87. The molecule has 1 amide bonds. The first kappa shape index (κ1) is 19.1. The fourth-order valence-electron chi connectivity index (χ4n) is 2.51. The first-order valence-corrected chi connectivity index (χ1v) is 9.15. The standard InChI is InChI=1S/C18H16ClN3O4S/c1-9-12(10(2)26-22-9)8-14(23)20-18-21-15(17(24)25-3)16(27-18)11-6-4-5-7-13(11)19/h4-7H,8H2,1-3H3,(H,20,21,23). The molecule has 0 saturated heterocycles. The predicted octanol–water partition coefficient (Wildman–Crippen LogP) is 4.04. The molecule has 0 aliphatic carbocycles. The van der Waals surface area contributed by atoms with Gasteiger partial charge in [-0.2, -0.15) is 0 Å². The van der Waals surface area contributed by atoms with Gasteiger partial charge in [-0.15, -0.1) is 0 Å². The summed E-state index contributed by atoms with van der Waals surface area (Å²) in [6.45, 7) is 3.52. The topological polar surface area (TPSA) is 94.3 Å². The summed E-state index contributed by atoms with van der Waals surface area (Å²) in [7, 11) is 1.27.